The van der Waals surface area contributed by atoms with Gasteiger partial charge < -0.3 is 16.4 Å². The van der Waals surface area contributed by atoms with Gasteiger partial charge in [0, 0.05) is 6.04 Å². The summed E-state index contributed by atoms with van der Waals surface area (Å²) in [5.74, 6) is -0.472. The Balaban J connectivity index is 2.00. The van der Waals surface area contributed by atoms with Gasteiger partial charge in [-0.25, -0.2) is 4.98 Å². The second kappa shape index (κ2) is 4.85. The molecule has 2 aromatic rings. The summed E-state index contributed by atoms with van der Waals surface area (Å²) in [6.45, 7) is 1.96. The maximum absolute atomic E-state index is 11.5. The van der Waals surface area contributed by atoms with Crippen molar-refractivity contribution in [2.45, 2.75) is 18.9 Å². The molecule has 0 unspecified atom stereocenters. The average Bonchev–Trinajstić information content (AvgIpc) is 2.88. The van der Waals surface area contributed by atoms with Crippen LogP contribution >= 0.6 is 0 Å². The normalized spacial score (nSPS) is 16.6. The molecule has 3 heterocycles. The molecule has 19 heavy (non-hydrogen) atoms. The maximum atomic E-state index is 11.5. The zero-order chi connectivity index (χ0) is 13.2. The van der Waals surface area contributed by atoms with E-state index in [0.29, 0.717) is 17.3 Å². The van der Waals surface area contributed by atoms with E-state index in [4.69, 9.17) is 5.73 Å². The van der Waals surface area contributed by atoms with Crippen LogP contribution in [0.5, 0.6) is 0 Å². The molecule has 100 valence electrons. The van der Waals surface area contributed by atoms with Gasteiger partial charge in [0.25, 0.3) is 5.91 Å². The number of fused-ring (bicyclic) bond motifs is 1. The zero-order valence-corrected chi connectivity index (χ0v) is 10.5. The molecule has 0 aromatic carbocycles. The number of nitrogens with zero attached hydrogens (tertiary/aromatic N) is 1. The number of carbonyl (C=O) groups excluding carboxylic acids is 1. The predicted octanol–water partition coefficient (Wildman–Crippen LogP) is -0.360. The number of aromatic amines is 2. The number of carbonyl (C=O) groups is 1. The molecular formula is C12H17N6O+. The maximum Gasteiger partial charge on any atom is 0.301 e. The fourth-order valence-corrected chi connectivity index (χ4v) is 2.44. The number of nitrogens with two attached hydrogens (primary N) is 1. The first kappa shape index (κ1) is 11.9. The standard InChI is InChI=1S/C12H16N6O/c13-11(19)8-5-15-12-10(16-6-17-12)9(8)18-7-1-3-14-4-2-7/h5-7,14H,1-4H2,(H2,13,19)(H2,15,16,17,18)/p+1. The number of rotatable bonds is 3. The summed E-state index contributed by atoms with van der Waals surface area (Å²) < 4.78 is 0. The largest absolute Gasteiger partial charge is 0.378 e. The minimum Gasteiger partial charge on any atom is -0.378 e. The molecule has 0 saturated carbocycles. The van der Waals surface area contributed by atoms with E-state index in [0.717, 1.165) is 37.1 Å². The number of aromatic nitrogens is 3. The molecular weight excluding hydrogens is 244 g/mol. The molecule has 2 aromatic heterocycles. The number of amides is 1. The predicted molar refractivity (Wildman–Crippen MR) is 70.7 cm³/mol. The Morgan fingerprint density at radius 2 is 2.26 bits per heavy atom. The third-order valence-electron chi connectivity index (χ3n) is 3.46. The molecule has 1 aliphatic rings. The molecule has 1 fully saturated rings. The lowest BCUT2D eigenvalue weighted by atomic mass is 10.1. The van der Waals surface area contributed by atoms with Crippen molar-refractivity contribution in [2.24, 2.45) is 5.73 Å². The minimum atomic E-state index is -0.472. The van der Waals surface area contributed by atoms with Crippen molar-refractivity contribution in [3.05, 3.63) is 18.1 Å². The van der Waals surface area contributed by atoms with Crippen molar-refractivity contribution in [3.8, 4) is 0 Å². The average molecular weight is 261 g/mol. The summed E-state index contributed by atoms with van der Waals surface area (Å²) in [4.78, 5) is 21.8. The van der Waals surface area contributed by atoms with Crippen LogP contribution in [0.4, 0.5) is 5.69 Å². The Morgan fingerprint density at radius 1 is 1.47 bits per heavy atom. The van der Waals surface area contributed by atoms with E-state index in [1.54, 1.807) is 6.33 Å². The van der Waals surface area contributed by atoms with Crippen LogP contribution in [0.2, 0.25) is 0 Å². The van der Waals surface area contributed by atoms with Gasteiger partial charge in [-0.3, -0.25) is 9.78 Å². The second-order valence-corrected chi connectivity index (χ2v) is 4.74. The first-order valence-corrected chi connectivity index (χ1v) is 6.40. The van der Waals surface area contributed by atoms with Crippen molar-refractivity contribution in [1.29, 1.82) is 0 Å². The Bertz CT molecular complexity index is 601. The van der Waals surface area contributed by atoms with E-state index in [-0.39, 0.29) is 0 Å². The highest BCUT2D eigenvalue weighted by atomic mass is 16.1. The van der Waals surface area contributed by atoms with Gasteiger partial charge in [-0.15, -0.1) is 4.98 Å². The number of piperidine rings is 1. The van der Waals surface area contributed by atoms with Gasteiger partial charge in [0.05, 0.1) is 5.69 Å². The van der Waals surface area contributed by atoms with E-state index >= 15 is 0 Å². The van der Waals surface area contributed by atoms with E-state index in [1.165, 1.54) is 6.20 Å². The number of pyridine rings is 1. The number of anilines is 1. The summed E-state index contributed by atoms with van der Waals surface area (Å²) >= 11 is 0. The molecule has 0 aliphatic carbocycles. The van der Waals surface area contributed by atoms with Crippen LogP contribution in [0.3, 0.4) is 0 Å². The fourth-order valence-electron chi connectivity index (χ4n) is 2.44. The molecule has 1 saturated heterocycles. The van der Waals surface area contributed by atoms with Gasteiger partial charge in [-0.05, 0) is 25.9 Å². The Hall–Kier alpha value is -2.15. The molecule has 7 nitrogen and oxygen atoms in total. The number of imidazole rings is 1. The summed E-state index contributed by atoms with van der Waals surface area (Å²) in [6.07, 6.45) is 5.24. The lowest BCUT2D eigenvalue weighted by Crippen LogP contribution is -2.36. The number of H-pyrrole nitrogens is 2. The van der Waals surface area contributed by atoms with Gasteiger partial charge in [-0.2, -0.15) is 0 Å². The Morgan fingerprint density at radius 3 is 3.00 bits per heavy atom. The molecule has 1 aliphatic heterocycles. The first-order valence-electron chi connectivity index (χ1n) is 6.40. The van der Waals surface area contributed by atoms with Crippen molar-refractivity contribution < 1.29 is 9.78 Å². The van der Waals surface area contributed by atoms with Gasteiger partial charge in [0.1, 0.15) is 11.8 Å². The van der Waals surface area contributed by atoms with Crippen LogP contribution in [0.25, 0.3) is 11.2 Å². The highest BCUT2D eigenvalue weighted by molar-refractivity contribution is 6.04. The van der Waals surface area contributed by atoms with Crippen molar-refractivity contribution in [3.63, 3.8) is 0 Å². The molecule has 0 bridgehead atoms. The Labute approximate surface area is 110 Å². The van der Waals surface area contributed by atoms with Crippen LogP contribution in [0.15, 0.2) is 12.5 Å². The smallest absolute Gasteiger partial charge is 0.301 e. The first-order chi connectivity index (χ1) is 9.25. The lowest BCUT2D eigenvalue weighted by molar-refractivity contribution is -0.347. The lowest BCUT2D eigenvalue weighted by Gasteiger charge is -2.25. The molecule has 0 radical (unpaired) electrons. The summed E-state index contributed by atoms with van der Waals surface area (Å²) in [5.41, 5.74) is 8.08. The Kier molecular flexibility index (Phi) is 3.04. The van der Waals surface area contributed by atoms with Crippen LogP contribution < -0.4 is 21.4 Å². The van der Waals surface area contributed by atoms with Gasteiger partial charge in [-0.1, -0.05) is 0 Å². The second-order valence-electron chi connectivity index (χ2n) is 4.74. The zero-order valence-electron chi connectivity index (χ0n) is 10.5. The van der Waals surface area contributed by atoms with Crippen molar-refractivity contribution >= 4 is 22.8 Å². The molecule has 7 heteroatoms. The van der Waals surface area contributed by atoms with E-state index < -0.39 is 5.91 Å². The van der Waals surface area contributed by atoms with Gasteiger partial charge >= 0.3 is 5.65 Å². The monoisotopic (exact) mass is 261 g/mol. The number of hydrogen-bond acceptors (Lipinski definition) is 4. The third kappa shape index (κ3) is 2.24. The topological polar surface area (TPSA) is 110 Å². The third-order valence-corrected chi connectivity index (χ3v) is 3.46. The molecule has 3 rings (SSSR count). The van der Waals surface area contributed by atoms with Crippen LogP contribution in [-0.2, 0) is 0 Å². The quantitative estimate of drug-likeness (QED) is 0.604. The van der Waals surface area contributed by atoms with Crippen molar-refractivity contribution in [2.75, 3.05) is 18.4 Å². The van der Waals surface area contributed by atoms with E-state index in [2.05, 4.69) is 25.6 Å². The molecule has 6 N–H and O–H groups in total. The minimum absolute atomic E-state index is 0.341. The van der Waals surface area contributed by atoms with Crippen LogP contribution in [-0.4, -0.2) is 35.0 Å². The van der Waals surface area contributed by atoms with Gasteiger partial charge in [0.2, 0.25) is 0 Å². The summed E-state index contributed by atoms with van der Waals surface area (Å²) in [6, 6.07) is 0.341. The van der Waals surface area contributed by atoms with E-state index in [1.807, 2.05) is 0 Å². The summed E-state index contributed by atoms with van der Waals surface area (Å²) in [5, 5.41) is 6.74. The molecule has 0 spiro atoms. The van der Waals surface area contributed by atoms with Crippen LogP contribution in [0, 0.1) is 0 Å². The van der Waals surface area contributed by atoms with Crippen molar-refractivity contribution in [1.82, 2.24) is 15.3 Å². The van der Waals surface area contributed by atoms with Gasteiger partial charge in [0.15, 0.2) is 11.8 Å². The number of nitrogens with one attached hydrogen (secondary N) is 4. The highest BCUT2D eigenvalue weighted by Gasteiger charge is 2.22. The number of primary amides is 1. The SMILES string of the molecule is NC(=O)c1cnc2[nH+]c[nH]c2c1NC1CCNCC1. The molecule has 1 amide bonds. The van der Waals surface area contributed by atoms with E-state index in [9.17, 15) is 4.79 Å². The molecule has 0 atom stereocenters. The van der Waals surface area contributed by atoms with Crippen LogP contribution in [0.1, 0.15) is 23.2 Å². The highest BCUT2D eigenvalue weighted by Crippen LogP contribution is 2.24. The number of hydrogen-bond donors (Lipinski definition) is 4. The fraction of sp³-hybridized carbons (Fsp3) is 0.417. The summed E-state index contributed by atoms with van der Waals surface area (Å²) in [7, 11) is 0.